The van der Waals surface area contributed by atoms with Crippen LogP contribution in [0.2, 0.25) is 0 Å². The summed E-state index contributed by atoms with van der Waals surface area (Å²) in [7, 11) is 5.18. The molecule has 2 aromatic carbocycles. The number of nitriles is 1. The SMILES string of the molecule is CN(CC#N)SSc1ccc2ccccc2c1. The van der Waals surface area contributed by atoms with E-state index in [1.165, 1.54) is 15.7 Å². The van der Waals surface area contributed by atoms with Gasteiger partial charge in [-0.2, -0.15) is 5.26 Å². The second-order valence-corrected chi connectivity index (χ2v) is 5.97. The predicted octanol–water partition coefficient (Wildman–Crippen LogP) is 3.95. The number of nitrogens with zero attached hydrogens (tertiary/aromatic N) is 2. The van der Waals surface area contributed by atoms with Gasteiger partial charge in [0.1, 0.15) is 0 Å². The molecule has 0 atom stereocenters. The lowest BCUT2D eigenvalue weighted by molar-refractivity contribution is 0.650. The Morgan fingerprint density at radius 3 is 2.71 bits per heavy atom. The smallest absolute Gasteiger partial charge is 0.0966 e. The normalized spacial score (nSPS) is 10.6. The molecule has 0 aliphatic heterocycles. The summed E-state index contributed by atoms with van der Waals surface area (Å²) in [5.74, 6) is 0. The van der Waals surface area contributed by atoms with Gasteiger partial charge in [-0.25, -0.2) is 4.31 Å². The third-order valence-electron chi connectivity index (χ3n) is 2.28. The first-order valence-electron chi connectivity index (χ1n) is 5.21. The maximum atomic E-state index is 8.56. The van der Waals surface area contributed by atoms with Crippen LogP contribution in [-0.2, 0) is 0 Å². The monoisotopic (exact) mass is 260 g/mol. The molecule has 0 unspecified atom stereocenters. The molecule has 2 nitrogen and oxygen atoms in total. The molecular formula is C13H12N2S2. The van der Waals surface area contributed by atoms with E-state index in [1.54, 1.807) is 21.8 Å². The van der Waals surface area contributed by atoms with Gasteiger partial charge in [0.2, 0.25) is 0 Å². The van der Waals surface area contributed by atoms with Gasteiger partial charge in [-0.1, -0.05) is 30.3 Å². The van der Waals surface area contributed by atoms with Crippen molar-refractivity contribution in [2.45, 2.75) is 4.90 Å². The van der Waals surface area contributed by atoms with Crippen molar-refractivity contribution in [1.82, 2.24) is 4.31 Å². The van der Waals surface area contributed by atoms with Gasteiger partial charge in [-0.3, -0.25) is 0 Å². The van der Waals surface area contributed by atoms with Gasteiger partial charge in [0.15, 0.2) is 0 Å². The lowest BCUT2D eigenvalue weighted by Gasteiger charge is -2.10. The average molecular weight is 260 g/mol. The minimum atomic E-state index is 0.436. The summed E-state index contributed by atoms with van der Waals surface area (Å²) in [6, 6.07) is 16.9. The lowest BCUT2D eigenvalue weighted by atomic mass is 10.1. The lowest BCUT2D eigenvalue weighted by Crippen LogP contribution is -2.06. The van der Waals surface area contributed by atoms with Crippen LogP contribution in [0, 0.1) is 11.3 Å². The van der Waals surface area contributed by atoms with Crippen LogP contribution in [0.4, 0.5) is 0 Å². The molecular weight excluding hydrogens is 248 g/mol. The van der Waals surface area contributed by atoms with E-state index >= 15 is 0 Å². The zero-order valence-electron chi connectivity index (χ0n) is 9.46. The Morgan fingerprint density at radius 2 is 1.94 bits per heavy atom. The van der Waals surface area contributed by atoms with E-state index in [2.05, 4.69) is 36.4 Å². The van der Waals surface area contributed by atoms with E-state index in [9.17, 15) is 0 Å². The molecule has 17 heavy (non-hydrogen) atoms. The zero-order chi connectivity index (χ0) is 12.1. The third-order valence-corrected chi connectivity index (χ3v) is 4.74. The Hall–Kier alpha value is -1.15. The maximum Gasteiger partial charge on any atom is 0.0966 e. The number of rotatable bonds is 4. The van der Waals surface area contributed by atoms with Crippen molar-refractivity contribution in [3.8, 4) is 6.07 Å². The fraction of sp³-hybridized carbons (Fsp3) is 0.154. The summed E-state index contributed by atoms with van der Waals surface area (Å²) >= 11 is 0. The zero-order valence-corrected chi connectivity index (χ0v) is 11.1. The fourth-order valence-corrected chi connectivity index (χ4v) is 3.18. The predicted molar refractivity (Wildman–Crippen MR) is 75.6 cm³/mol. The first-order chi connectivity index (χ1) is 8.29. The van der Waals surface area contributed by atoms with Crippen molar-refractivity contribution >= 4 is 32.5 Å². The molecule has 0 N–H and O–H groups in total. The third kappa shape index (κ3) is 3.40. The molecule has 0 radical (unpaired) electrons. The van der Waals surface area contributed by atoms with Crippen LogP contribution in [-0.4, -0.2) is 17.9 Å². The molecule has 0 amide bonds. The van der Waals surface area contributed by atoms with Crippen molar-refractivity contribution in [1.29, 1.82) is 5.26 Å². The summed E-state index contributed by atoms with van der Waals surface area (Å²) in [4.78, 5) is 1.21. The number of hydrogen-bond donors (Lipinski definition) is 0. The first-order valence-corrected chi connectivity index (χ1v) is 7.32. The van der Waals surface area contributed by atoms with Crippen LogP contribution in [0.5, 0.6) is 0 Å². The van der Waals surface area contributed by atoms with Gasteiger partial charge in [-0.15, -0.1) is 0 Å². The summed E-state index contributed by atoms with van der Waals surface area (Å²) in [6.07, 6.45) is 0. The molecule has 0 aliphatic rings. The Kier molecular flexibility index (Phi) is 4.32. The average Bonchev–Trinajstić information content (AvgIpc) is 2.36. The Labute approximate surface area is 109 Å². The van der Waals surface area contributed by atoms with Gasteiger partial charge in [0, 0.05) is 4.90 Å². The second kappa shape index (κ2) is 5.97. The fourth-order valence-electron chi connectivity index (χ4n) is 1.45. The molecule has 0 aliphatic carbocycles. The molecule has 0 saturated carbocycles. The minimum absolute atomic E-state index is 0.436. The van der Waals surface area contributed by atoms with Crippen molar-refractivity contribution in [3.05, 3.63) is 42.5 Å². The highest BCUT2D eigenvalue weighted by atomic mass is 33.1. The van der Waals surface area contributed by atoms with Crippen LogP contribution in [0.1, 0.15) is 0 Å². The molecule has 2 rings (SSSR count). The van der Waals surface area contributed by atoms with Crippen molar-refractivity contribution in [2.24, 2.45) is 0 Å². The van der Waals surface area contributed by atoms with Gasteiger partial charge in [0.05, 0.1) is 12.6 Å². The van der Waals surface area contributed by atoms with Crippen LogP contribution in [0.25, 0.3) is 10.8 Å². The Balaban J connectivity index is 2.07. The van der Waals surface area contributed by atoms with Crippen molar-refractivity contribution in [2.75, 3.05) is 13.6 Å². The molecule has 0 spiro atoms. The summed E-state index contributed by atoms with van der Waals surface area (Å²) in [5, 5.41) is 11.1. The topological polar surface area (TPSA) is 27.0 Å². The Morgan fingerprint density at radius 1 is 1.18 bits per heavy atom. The van der Waals surface area contributed by atoms with Gasteiger partial charge < -0.3 is 0 Å². The van der Waals surface area contributed by atoms with E-state index in [1.807, 2.05) is 23.5 Å². The van der Waals surface area contributed by atoms with Gasteiger partial charge in [-0.05, 0) is 51.7 Å². The van der Waals surface area contributed by atoms with E-state index in [-0.39, 0.29) is 0 Å². The summed E-state index contributed by atoms with van der Waals surface area (Å²) < 4.78 is 1.92. The highest BCUT2D eigenvalue weighted by molar-refractivity contribution is 8.75. The van der Waals surface area contributed by atoms with Crippen LogP contribution in [0.3, 0.4) is 0 Å². The maximum absolute atomic E-state index is 8.56. The molecule has 0 bridgehead atoms. The number of fused-ring (bicyclic) bond motifs is 1. The highest BCUT2D eigenvalue weighted by Gasteiger charge is 2.01. The van der Waals surface area contributed by atoms with E-state index in [4.69, 9.17) is 5.26 Å². The quantitative estimate of drug-likeness (QED) is 0.472. The van der Waals surface area contributed by atoms with E-state index < -0.39 is 0 Å². The molecule has 0 aromatic heterocycles. The Bertz CT molecular complexity index is 548. The van der Waals surface area contributed by atoms with Crippen LogP contribution in [0.15, 0.2) is 47.4 Å². The summed E-state index contributed by atoms with van der Waals surface area (Å²) in [6.45, 7) is 0.436. The minimum Gasteiger partial charge on any atom is -0.230 e. The summed E-state index contributed by atoms with van der Waals surface area (Å²) in [5.41, 5.74) is 0. The van der Waals surface area contributed by atoms with E-state index in [0.717, 1.165) is 0 Å². The van der Waals surface area contributed by atoms with Crippen LogP contribution < -0.4 is 0 Å². The molecule has 4 heteroatoms. The first kappa shape index (κ1) is 12.3. The number of hydrogen-bond acceptors (Lipinski definition) is 4. The molecule has 0 saturated heterocycles. The van der Waals surface area contributed by atoms with Gasteiger partial charge in [0.25, 0.3) is 0 Å². The number of benzene rings is 2. The van der Waals surface area contributed by atoms with E-state index in [0.29, 0.717) is 6.54 Å². The standard InChI is InChI=1S/C13H12N2S2/c1-15(9-8-14)17-16-13-7-6-11-4-2-3-5-12(11)10-13/h2-7,10H,9H2,1H3. The van der Waals surface area contributed by atoms with Crippen LogP contribution >= 0.6 is 21.8 Å². The van der Waals surface area contributed by atoms with Crippen molar-refractivity contribution < 1.29 is 0 Å². The second-order valence-electron chi connectivity index (χ2n) is 3.61. The van der Waals surface area contributed by atoms with Gasteiger partial charge >= 0.3 is 0 Å². The van der Waals surface area contributed by atoms with Crippen molar-refractivity contribution in [3.63, 3.8) is 0 Å². The molecule has 0 heterocycles. The highest BCUT2D eigenvalue weighted by Crippen LogP contribution is 2.34. The molecule has 0 fully saturated rings. The molecule has 2 aromatic rings. The molecule has 86 valence electrons. The largest absolute Gasteiger partial charge is 0.230 e.